The Morgan fingerprint density at radius 3 is 2.36 bits per heavy atom. The van der Waals surface area contributed by atoms with Gasteiger partial charge in [-0.15, -0.1) is 0 Å². The SMILES string of the molecule is CC(=O)CC/C=C(\C)C(=O)CCC1(C)CC2=C(O1)C(=O)c1ccccc1C2=O. The van der Waals surface area contributed by atoms with Crippen molar-refractivity contribution in [1.82, 2.24) is 0 Å². The lowest BCUT2D eigenvalue weighted by atomic mass is 9.84. The quantitative estimate of drug-likeness (QED) is 0.664. The van der Waals surface area contributed by atoms with Crippen LogP contribution in [0, 0.1) is 0 Å². The lowest BCUT2D eigenvalue weighted by molar-refractivity contribution is -0.117. The highest BCUT2D eigenvalue weighted by Crippen LogP contribution is 2.42. The number of carbonyl (C=O) groups is 4. The molecule has 1 unspecified atom stereocenters. The molecule has 0 amide bonds. The average molecular weight is 380 g/mol. The predicted molar refractivity (Wildman–Crippen MR) is 104 cm³/mol. The summed E-state index contributed by atoms with van der Waals surface area (Å²) in [5, 5.41) is 0. The third-order valence-corrected chi connectivity index (χ3v) is 5.34. The van der Waals surface area contributed by atoms with Gasteiger partial charge in [0.1, 0.15) is 11.4 Å². The van der Waals surface area contributed by atoms with Crippen LogP contribution >= 0.6 is 0 Å². The first-order chi connectivity index (χ1) is 13.2. The molecule has 0 saturated heterocycles. The molecule has 1 aliphatic heterocycles. The normalized spacial score (nSPS) is 21.3. The van der Waals surface area contributed by atoms with Crippen molar-refractivity contribution in [3.63, 3.8) is 0 Å². The zero-order valence-corrected chi connectivity index (χ0v) is 16.5. The summed E-state index contributed by atoms with van der Waals surface area (Å²) in [7, 11) is 0. The van der Waals surface area contributed by atoms with E-state index in [1.165, 1.54) is 6.92 Å². The van der Waals surface area contributed by atoms with Crippen molar-refractivity contribution < 1.29 is 23.9 Å². The van der Waals surface area contributed by atoms with Gasteiger partial charge >= 0.3 is 0 Å². The second-order valence-corrected chi connectivity index (χ2v) is 7.79. The summed E-state index contributed by atoms with van der Waals surface area (Å²) in [6.45, 7) is 5.10. The molecule has 2 aliphatic rings. The molecule has 5 heteroatoms. The second kappa shape index (κ2) is 7.66. The molecule has 1 atom stereocenters. The predicted octanol–water partition coefficient (Wildman–Crippen LogP) is 4.16. The molecule has 0 N–H and O–H groups in total. The molecule has 0 bridgehead atoms. The zero-order valence-electron chi connectivity index (χ0n) is 16.5. The summed E-state index contributed by atoms with van der Waals surface area (Å²) in [5.41, 5.74) is 1.07. The molecule has 0 aromatic heterocycles. The number of rotatable bonds is 7. The van der Waals surface area contributed by atoms with E-state index in [1.807, 2.05) is 6.92 Å². The van der Waals surface area contributed by atoms with Crippen LogP contribution in [0.25, 0.3) is 0 Å². The van der Waals surface area contributed by atoms with E-state index in [2.05, 4.69) is 0 Å². The summed E-state index contributed by atoms with van der Waals surface area (Å²) in [6, 6.07) is 6.76. The van der Waals surface area contributed by atoms with Crippen molar-refractivity contribution in [3.05, 3.63) is 58.4 Å². The second-order valence-electron chi connectivity index (χ2n) is 7.79. The molecule has 0 spiro atoms. The first-order valence-electron chi connectivity index (χ1n) is 9.52. The van der Waals surface area contributed by atoms with Crippen LogP contribution in [0.3, 0.4) is 0 Å². The molecule has 0 saturated carbocycles. The number of hydrogen-bond acceptors (Lipinski definition) is 5. The Morgan fingerprint density at radius 1 is 1.07 bits per heavy atom. The Balaban J connectivity index is 1.66. The standard InChI is InChI=1S/C23H24O5/c1-14(7-6-8-15(2)24)19(25)11-12-23(3)13-18-20(26)16-9-4-5-10-17(16)21(27)22(18)28-23/h4-5,7,9-10H,6,8,11-13H2,1-3H3/b14-7+. The Morgan fingerprint density at radius 2 is 1.71 bits per heavy atom. The van der Waals surface area contributed by atoms with Crippen LogP contribution in [0.15, 0.2) is 47.2 Å². The molecule has 1 aromatic carbocycles. The molecule has 0 fully saturated rings. The zero-order chi connectivity index (χ0) is 20.5. The highest BCUT2D eigenvalue weighted by atomic mass is 16.5. The fourth-order valence-electron chi connectivity index (χ4n) is 3.65. The minimum atomic E-state index is -0.757. The lowest BCUT2D eigenvalue weighted by Gasteiger charge is -2.24. The van der Waals surface area contributed by atoms with Crippen molar-refractivity contribution >= 4 is 23.1 Å². The molecule has 5 nitrogen and oxygen atoms in total. The van der Waals surface area contributed by atoms with Gasteiger partial charge in [-0.1, -0.05) is 30.3 Å². The molecule has 1 heterocycles. The summed E-state index contributed by atoms with van der Waals surface area (Å²) in [5.74, 6) is -0.219. The van der Waals surface area contributed by atoms with E-state index in [0.29, 0.717) is 48.0 Å². The van der Waals surface area contributed by atoms with E-state index in [0.717, 1.165) is 0 Å². The molecular weight excluding hydrogens is 356 g/mol. The molecule has 1 aromatic rings. The number of ether oxygens (including phenoxy) is 1. The molecule has 1 aliphatic carbocycles. The van der Waals surface area contributed by atoms with Gasteiger partial charge in [-0.2, -0.15) is 0 Å². The lowest BCUT2D eigenvalue weighted by Crippen LogP contribution is -2.26. The van der Waals surface area contributed by atoms with Gasteiger partial charge in [0, 0.05) is 30.4 Å². The maximum Gasteiger partial charge on any atom is 0.228 e. The van der Waals surface area contributed by atoms with Crippen LogP contribution in [-0.4, -0.2) is 28.7 Å². The van der Waals surface area contributed by atoms with E-state index in [1.54, 1.807) is 37.3 Å². The number of allylic oxidation sites excluding steroid dienone is 3. The van der Waals surface area contributed by atoms with Gasteiger partial charge in [0.15, 0.2) is 17.3 Å². The largest absolute Gasteiger partial charge is 0.483 e. The van der Waals surface area contributed by atoms with Crippen LogP contribution in [-0.2, 0) is 14.3 Å². The summed E-state index contributed by atoms with van der Waals surface area (Å²) in [4.78, 5) is 48.9. The summed E-state index contributed by atoms with van der Waals surface area (Å²) in [6.07, 6.45) is 3.75. The van der Waals surface area contributed by atoms with Gasteiger partial charge in [-0.05, 0) is 39.2 Å². The van der Waals surface area contributed by atoms with E-state index in [9.17, 15) is 19.2 Å². The van der Waals surface area contributed by atoms with Crippen molar-refractivity contribution in [2.45, 2.75) is 58.5 Å². The molecule has 0 radical (unpaired) electrons. The summed E-state index contributed by atoms with van der Waals surface area (Å²) < 4.78 is 5.93. The number of Topliss-reactive ketones (excluding diaryl/α,β-unsaturated/α-hetero) is 4. The van der Waals surface area contributed by atoms with Crippen LogP contribution in [0.2, 0.25) is 0 Å². The van der Waals surface area contributed by atoms with Gasteiger partial charge < -0.3 is 9.53 Å². The van der Waals surface area contributed by atoms with Crippen LogP contribution in [0.4, 0.5) is 0 Å². The Kier molecular flexibility index (Phi) is 5.45. The highest BCUT2D eigenvalue weighted by molar-refractivity contribution is 6.26. The van der Waals surface area contributed by atoms with Gasteiger partial charge in [0.25, 0.3) is 0 Å². The van der Waals surface area contributed by atoms with E-state index in [4.69, 9.17) is 4.74 Å². The van der Waals surface area contributed by atoms with E-state index < -0.39 is 5.60 Å². The minimum Gasteiger partial charge on any atom is -0.483 e. The molecule has 3 rings (SSSR count). The maximum absolute atomic E-state index is 12.8. The van der Waals surface area contributed by atoms with Crippen LogP contribution in [0.1, 0.15) is 73.6 Å². The third-order valence-electron chi connectivity index (χ3n) is 5.34. The number of ketones is 4. The molecular formula is C23H24O5. The highest BCUT2D eigenvalue weighted by Gasteiger charge is 2.45. The average Bonchev–Trinajstić information content (AvgIpc) is 3.02. The fraction of sp³-hybridized carbons (Fsp3) is 0.391. The van der Waals surface area contributed by atoms with Crippen molar-refractivity contribution in [2.24, 2.45) is 0 Å². The molecule has 28 heavy (non-hydrogen) atoms. The van der Waals surface area contributed by atoms with E-state index >= 15 is 0 Å². The van der Waals surface area contributed by atoms with Gasteiger partial charge in [-0.25, -0.2) is 0 Å². The van der Waals surface area contributed by atoms with Gasteiger partial charge in [0.05, 0.1) is 5.57 Å². The van der Waals surface area contributed by atoms with Crippen molar-refractivity contribution in [3.8, 4) is 0 Å². The number of carbonyl (C=O) groups excluding carboxylic acids is 4. The Hall–Kier alpha value is -2.82. The minimum absolute atomic E-state index is 0.0146. The summed E-state index contributed by atoms with van der Waals surface area (Å²) >= 11 is 0. The Labute approximate surface area is 164 Å². The number of fused-ring (bicyclic) bond motifs is 1. The van der Waals surface area contributed by atoms with Crippen LogP contribution < -0.4 is 0 Å². The maximum atomic E-state index is 12.8. The fourth-order valence-corrected chi connectivity index (χ4v) is 3.65. The monoisotopic (exact) mass is 380 g/mol. The van der Waals surface area contributed by atoms with Gasteiger partial charge in [0.2, 0.25) is 5.78 Å². The molecule has 146 valence electrons. The smallest absolute Gasteiger partial charge is 0.228 e. The number of benzene rings is 1. The van der Waals surface area contributed by atoms with Crippen LogP contribution in [0.5, 0.6) is 0 Å². The van der Waals surface area contributed by atoms with Crippen molar-refractivity contribution in [1.29, 1.82) is 0 Å². The first kappa shape index (κ1) is 19.9. The van der Waals surface area contributed by atoms with Gasteiger partial charge in [-0.3, -0.25) is 14.4 Å². The van der Waals surface area contributed by atoms with E-state index in [-0.39, 0.29) is 35.3 Å². The number of hydrogen-bond donors (Lipinski definition) is 0. The Bertz CT molecular complexity index is 885. The third kappa shape index (κ3) is 3.88. The van der Waals surface area contributed by atoms with Crippen molar-refractivity contribution in [2.75, 3.05) is 0 Å². The first-order valence-corrected chi connectivity index (χ1v) is 9.52. The topological polar surface area (TPSA) is 77.5 Å².